The molecule has 3 aromatic heterocycles. The number of fused-ring (bicyclic) bond motifs is 2. The van der Waals surface area contributed by atoms with Crippen molar-refractivity contribution in [2.75, 3.05) is 20.8 Å². The summed E-state index contributed by atoms with van der Waals surface area (Å²) in [7, 11) is 3.14. The summed E-state index contributed by atoms with van der Waals surface area (Å²) in [4.78, 5) is 37.2. The van der Waals surface area contributed by atoms with Crippen LogP contribution in [0.1, 0.15) is 30.0 Å². The average molecular weight is 541 g/mol. The molecule has 0 radical (unpaired) electrons. The van der Waals surface area contributed by atoms with Gasteiger partial charge in [0.15, 0.2) is 17.1 Å². The second-order valence-corrected chi connectivity index (χ2v) is 9.57. The van der Waals surface area contributed by atoms with Crippen LogP contribution in [0.5, 0.6) is 11.5 Å². The number of amides is 1. The molecule has 1 aliphatic rings. The Kier molecular flexibility index (Phi) is 6.77. The van der Waals surface area contributed by atoms with Crippen molar-refractivity contribution < 1.29 is 18.8 Å². The van der Waals surface area contributed by atoms with Crippen molar-refractivity contribution in [3.63, 3.8) is 0 Å². The summed E-state index contributed by atoms with van der Waals surface area (Å²) in [6.45, 7) is 0.765. The maximum Gasteiger partial charge on any atom is 0.277 e. The Bertz CT molecular complexity index is 1740. The third-order valence-corrected chi connectivity index (χ3v) is 7.09. The van der Waals surface area contributed by atoms with Gasteiger partial charge in [-0.05, 0) is 30.2 Å². The number of aromatic nitrogens is 5. The molecule has 4 heterocycles. The summed E-state index contributed by atoms with van der Waals surface area (Å²) < 4.78 is 17.5. The quantitative estimate of drug-likeness (QED) is 0.316. The van der Waals surface area contributed by atoms with E-state index in [9.17, 15) is 9.59 Å². The number of methoxy groups -OCH3 is 2. The van der Waals surface area contributed by atoms with Gasteiger partial charge in [0.25, 0.3) is 5.56 Å². The number of hydrogen-bond donors (Lipinski definition) is 1. The van der Waals surface area contributed by atoms with E-state index in [2.05, 4.69) is 15.2 Å². The van der Waals surface area contributed by atoms with Gasteiger partial charge in [-0.15, -0.1) is 0 Å². The monoisotopic (exact) mass is 540 g/mol. The topological polar surface area (TPSA) is 128 Å². The van der Waals surface area contributed by atoms with Crippen LogP contribution in [-0.4, -0.2) is 56.3 Å². The number of nitrogens with one attached hydrogen (secondary N) is 1. The normalized spacial score (nSPS) is 12.9. The number of carbonyl (C=O) groups is 1. The van der Waals surface area contributed by atoms with E-state index in [4.69, 9.17) is 19.0 Å². The lowest BCUT2D eigenvalue weighted by molar-refractivity contribution is -0.132. The molecule has 1 N–H and O–H groups in total. The molecule has 11 nitrogen and oxygen atoms in total. The molecule has 0 atom stereocenters. The van der Waals surface area contributed by atoms with Crippen LogP contribution in [0.25, 0.3) is 28.3 Å². The van der Waals surface area contributed by atoms with E-state index in [1.165, 1.54) is 4.52 Å². The molecular weight excluding hydrogens is 512 g/mol. The molecule has 0 unspecified atom stereocenters. The van der Waals surface area contributed by atoms with E-state index in [0.29, 0.717) is 66.7 Å². The van der Waals surface area contributed by atoms with E-state index in [0.717, 1.165) is 22.5 Å². The van der Waals surface area contributed by atoms with Crippen LogP contribution in [0.2, 0.25) is 0 Å². The molecule has 1 aliphatic heterocycles. The van der Waals surface area contributed by atoms with Gasteiger partial charge in [0, 0.05) is 37.4 Å². The Labute approximate surface area is 229 Å². The van der Waals surface area contributed by atoms with Gasteiger partial charge in [0.1, 0.15) is 0 Å². The summed E-state index contributed by atoms with van der Waals surface area (Å²) in [5.74, 6) is 2.05. The van der Waals surface area contributed by atoms with Crippen molar-refractivity contribution in [2.24, 2.45) is 0 Å². The van der Waals surface area contributed by atoms with Gasteiger partial charge in [-0.2, -0.15) is 4.98 Å². The van der Waals surface area contributed by atoms with Crippen LogP contribution in [0.15, 0.2) is 63.9 Å². The van der Waals surface area contributed by atoms with Gasteiger partial charge in [-0.3, -0.25) is 14.7 Å². The van der Waals surface area contributed by atoms with E-state index in [-0.39, 0.29) is 18.0 Å². The molecule has 0 spiro atoms. The molecule has 1 amide bonds. The fraction of sp³-hybridized carbons (Fsp3) is 0.276. The standard InChI is InChI=1S/C29H28N6O5/c1-38-23-12-11-19(15-24(23)39-2)28-31-26(40-33-28)9-6-10-27(36)34-14-13-21-20(17-34)29(37)35-25(30-21)16-22(32-35)18-7-4-3-5-8-18/h3-5,7-8,11-12,15-16,32H,6,9-10,13-14,17H2,1-2H3. The highest BCUT2D eigenvalue weighted by Crippen LogP contribution is 2.31. The number of aromatic amines is 1. The molecule has 40 heavy (non-hydrogen) atoms. The zero-order valence-electron chi connectivity index (χ0n) is 22.2. The minimum Gasteiger partial charge on any atom is -0.493 e. The van der Waals surface area contributed by atoms with E-state index in [1.807, 2.05) is 42.5 Å². The first kappa shape index (κ1) is 25.4. The molecule has 0 saturated carbocycles. The minimum absolute atomic E-state index is 0.0220. The molecular formula is C29H28N6O5. The summed E-state index contributed by atoms with van der Waals surface area (Å²) in [6, 6.07) is 17.1. The first-order chi connectivity index (χ1) is 19.5. The zero-order chi connectivity index (χ0) is 27.6. The molecule has 6 rings (SSSR count). The van der Waals surface area contributed by atoms with Crippen LogP contribution in [-0.2, 0) is 24.2 Å². The number of H-pyrrole nitrogens is 1. The molecule has 204 valence electrons. The Morgan fingerprint density at radius 1 is 1.02 bits per heavy atom. The van der Waals surface area contributed by atoms with Crippen molar-refractivity contribution in [3.05, 3.63) is 82.1 Å². The zero-order valence-corrected chi connectivity index (χ0v) is 22.2. The average Bonchev–Trinajstić information content (AvgIpc) is 3.65. The lowest BCUT2D eigenvalue weighted by Crippen LogP contribution is -2.40. The van der Waals surface area contributed by atoms with Crippen LogP contribution >= 0.6 is 0 Å². The molecule has 0 bridgehead atoms. The van der Waals surface area contributed by atoms with Gasteiger partial charge >= 0.3 is 0 Å². The lowest BCUT2D eigenvalue weighted by Gasteiger charge is -2.27. The fourth-order valence-corrected chi connectivity index (χ4v) is 4.96. The first-order valence-electron chi connectivity index (χ1n) is 13.1. The predicted octanol–water partition coefficient (Wildman–Crippen LogP) is 3.66. The van der Waals surface area contributed by atoms with Crippen LogP contribution < -0.4 is 15.0 Å². The number of nitrogens with zero attached hydrogens (tertiary/aromatic N) is 5. The summed E-state index contributed by atoms with van der Waals surface area (Å²) >= 11 is 0. The first-order valence-corrected chi connectivity index (χ1v) is 13.1. The van der Waals surface area contributed by atoms with Crippen molar-refractivity contribution in [1.82, 2.24) is 29.6 Å². The van der Waals surface area contributed by atoms with Crippen molar-refractivity contribution >= 4 is 11.6 Å². The second kappa shape index (κ2) is 10.7. The largest absolute Gasteiger partial charge is 0.493 e. The number of carbonyl (C=O) groups excluding carboxylic acids is 1. The van der Waals surface area contributed by atoms with Crippen molar-refractivity contribution in [2.45, 2.75) is 32.2 Å². The third-order valence-electron chi connectivity index (χ3n) is 7.09. The number of hydrogen-bond acceptors (Lipinski definition) is 8. The van der Waals surface area contributed by atoms with E-state index >= 15 is 0 Å². The summed E-state index contributed by atoms with van der Waals surface area (Å²) in [5, 5.41) is 7.22. The Morgan fingerprint density at radius 3 is 2.65 bits per heavy atom. The maximum absolute atomic E-state index is 13.3. The number of aryl methyl sites for hydroxylation is 1. The maximum atomic E-state index is 13.3. The van der Waals surface area contributed by atoms with Gasteiger partial charge in [-0.1, -0.05) is 35.5 Å². The minimum atomic E-state index is -0.173. The van der Waals surface area contributed by atoms with Crippen LogP contribution in [0.4, 0.5) is 0 Å². The molecule has 0 fully saturated rings. The highest BCUT2D eigenvalue weighted by molar-refractivity contribution is 5.76. The Balaban J connectivity index is 1.09. The Hall–Kier alpha value is -4.93. The van der Waals surface area contributed by atoms with Gasteiger partial charge in [0.2, 0.25) is 17.6 Å². The molecule has 11 heteroatoms. The Morgan fingerprint density at radius 2 is 1.85 bits per heavy atom. The van der Waals surface area contributed by atoms with Crippen LogP contribution in [0, 0.1) is 0 Å². The molecule has 0 saturated heterocycles. The van der Waals surface area contributed by atoms with Gasteiger partial charge in [-0.25, -0.2) is 9.50 Å². The number of rotatable bonds is 8. The smallest absolute Gasteiger partial charge is 0.277 e. The molecule has 2 aromatic carbocycles. The van der Waals surface area contributed by atoms with E-state index in [1.54, 1.807) is 31.3 Å². The highest BCUT2D eigenvalue weighted by atomic mass is 16.5. The number of ether oxygens (including phenoxy) is 2. The second-order valence-electron chi connectivity index (χ2n) is 9.57. The highest BCUT2D eigenvalue weighted by Gasteiger charge is 2.25. The summed E-state index contributed by atoms with van der Waals surface area (Å²) in [6.07, 6.45) is 1.85. The third kappa shape index (κ3) is 4.81. The van der Waals surface area contributed by atoms with Crippen molar-refractivity contribution in [3.8, 4) is 34.1 Å². The van der Waals surface area contributed by atoms with Crippen LogP contribution in [0.3, 0.4) is 0 Å². The lowest BCUT2D eigenvalue weighted by atomic mass is 10.1. The van der Waals surface area contributed by atoms with Gasteiger partial charge in [0.05, 0.1) is 37.7 Å². The molecule has 0 aliphatic carbocycles. The van der Waals surface area contributed by atoms with Crippen molar-refractivity contribution in [1.29, 1.82) is 0 Å². The van der Waals surface area contributed by atoms with Gasteiger partial charge < -0.3 is 18.9 Å². The summed E-state index contributed by atoms with van der Waals surface area (Å²) in [5.41, 5.74) is 4.23. The van der Waals surface area contributed by atoms with E-state index < -0.39 is 0 Å². The number of benzene rings is 2. The predicted molar refractivity (Wildman–Crippen MR) is 146 cm³/mol. The SMILES string of the molecule is COc1ccc(-c2noc(CCCC(=O)N3CCc4nc5cc(-c6ccccc6)[nH]n5c(=O)c4C3)n2)cc1OC. The molecule has 5 aromatic rings. The fourth-order valence-electron chi connectivity index (χ4n) is 4.96.